The lowest BCUT2D eigenvalue weighted by molar-refractivity contribution is -0.130. The van der Waals surface area contributed by atoms with E-state index in [1.165, 1.54) is 31.2 Å². The van der Waals surface area contributed by atoms with E-state index >= 15 is 0 Å². The van der Waals surface area contributed by atoms with Gasteiger partial charge in [-0.15, -0.1) is 0 Å². The molecule has 1 atom stereocenters. The van der Waals surface area contributed by atoms with E-state index in [2.05, 4.69) is 15.4 Å². The molecule has 0 saturated heterocycles. The summed E-state index contributed by atoms with van der Waals surface area (Å²) < 4.78 is 31.6. The van der Waals surface area contributed by atoms with Gasteiger partial charge in [-0.3, -0.25) is 9.59 Å². The van der Waals surface area contributed by atoms with Crippen LogP contribution in [0.1, 0.15) is 35.3 Å². The highest BCUT2D eigenvalue weighted by Crippen LogP contribution is 2.19. The Hall–Kier alpha value is -3.24. The zero-order chi connectivity index (χ0) is 23.9. The molecule has 0 saturated carbocycles. The van der Waals surface area contributed by atoms with Crippen LogP contribution in [0.2, 0.25) is 0 Å². The number of anilines is 1. The molecule has 0 fully saturated rings. The minimum atomic E-state index is -3.74. The Morgan fingerprint density at radius 2 is 1.66 bits per heavy atom. The molecule has 32 heavy (non-hydrogen) atoms. The number of benzene rings is 2. The third-order valence-corrected chi connectivity index (χ3v) is 6.08. The lowest BCUT2D eigenvalue weighted by atomic mass is 10.1. The van der Waals surface area contributed by atoms with Crippen molar-refractivity contribution in [2.45, 2.75) is 38.7 Å². The van der Waals surface area contributed by atoms with Crippen molar-refractivity contribution in [2.75, 3.05) is 18.4 Å². The second-order valence-electron chi connectivity index (χ2n) is 7.11. The number of rotatable bonds is 9. The van der Waals surface area contributed by atoms with Crippen LogP contribution < -0.4 is 15.4 Å². The van der Waals surface area contributed by atoms with E-state index in [1.54, 1.807) is 6.92 Å². The first-order valence-electron chi connectivity index (χ1n) is 9.99. The normalized spacial score (nSPS) is 12.0. The molecule has 10 heteroatoms. The molecule has 0 aliphatic rings. The number of esters is 1. The predicted octanol–water partition coefficient (Wildman–Crippen LogP) is 1.90. The highest BCUT2D eigenvalue weighted by atomic mass is 32.2. The van der Waals surface area contributed by atoms with E-state index in [9.17, 15) is 22.8 Å². The number of aryl methyl sites for hydroxylation is 2. The van der Waals surface area contributed by atoms with Crippen LogP contribution in [0, 0.1) is 13.8 Å². The molecule has 172 valence electrons. The molecule has 3 N–H and O–H groups in total. The largest absolute Gasteiger partial charge is 0.449 e. The van der Waals surface area contributed by atoms with E-state index in [-0.39, 0.29) is 23.5 Å². The molecule has 9 nitrogen and oxygen atoms in total. The van der Waals surface area contributed by atoms with Crippen molar-refractivity contribution < 1.29 is 27.5 Å². The quantitative estimate of drug-likeness (QED) is 0.489. The van der Waals surface area contributed by atoms with E-state index in [1.807, 2.05) is 32.0 Å². The molecule has 2 amide bonds. The molecule has 0 radical (unpaired) electrons. The summed E-state index contributed by atoms with van der Waals surface area (Å²) in [7, 11) is -3.74. The van der Waals surface area contributed by atoms with Crippen molar-refractivity contribution in [1.29, 1.82) is 0 Å². The first kappa shape index (κ1) is 25.0. The maximum Gasteiger partial charge on any atom is 0.338 e. The first-order chi connectivity index (χ1) is 15.0. The van der Waals surface area contributed by atoms with Crippen molar-refractivity contribution in [2.24, 2.45) is 0 Å². The summed E-state index contributed by atoms with van der Waals surface area (Å²) in [5, 5.41) is 5.16. The maximum absolute atomic E-state index is 12.4. The van der Waals surface area contributed by atoms with Gasteiger partial charge in [-0.1, -0.05) is 31.2 Å². The molecule has 0 aromatic heterocycles. The monoisotopic (exact) mass is 461 g/mol. The molecule has 2 rings (SSSR count). The molecule has 0 heterocycles. The minimum Gasteiger partial charge on any atom is -0.449 e. The SMILES string of the molecule is CCNS(=O)(=O)c1cccc(C(=O)OC(C)C(=O)NCC(=O)Nc2c(C)cccc2C)c1. The average molecular weight is 462 g/mol. The zero-order valence-corrected chi connectivity index (χ0v) is 19.2. The fourth-order valence-electron chi connectivity index (χ4n) is 2.85. The first-order valence-corrected chi connectivity index (χ1v) is 11.5. The Morgan fingerprint density at radius 3 is 2.28 bits per heavy atom. The molecule has 0 bridgehead atoms. The second kappa shape index (κ2) is 10.9. The Morgan fingerprint density at radius 1 is 1.03 bits per heavy atom. The van der Waals surface area contributed by atoms with Gasteiger partial charge in [-0.25, -0.2) is 17.9 Å². The van der Waals surface area contributed by atoms with Gasteiger partial charge in [0.25, 0.3) is 5.91 Å². The lowest BCUT2D eigenvalue weighted by Crippen LogP contribution is -2.40. The Bertz CT molecular complexity index is 1090. The standard InChI is InChI=1S/C22H27N3O6S/c1-5-24-32(29,30)18-11-7-10-17(12-18)22(28)31-16(4)21(27)23-13-19(26)25-20-14(2)8-6-9-15(20)3/h6-12,16,24H,5,13H2,1-4H3,(H,23,27)(H,25,26). The molecule has 1 unspecified atom stereocenters. The van der Waals surface area contributed by atoms with Gasteiger partial charge < -0.3 is 15.4 Å². The Balaban J connectivity index is 1.93. The van der Waals surface area contributed by atoms with Gasteiger partial charge in [0.05, 0.1) is 17.0 Å². The number of nitrogens with one attached hydrogen (secondary N) is 3. The molecule has 0 aliphatic heterocycles. The summed E-state index contributed by atoms with van der Waals surface area (Å²) in [4.78, 5) is 36.7. The van der Waals surface area contributed by atoms with Crippen LogP contribution in [0.4, 0.5) is 5.69 Å². The number of para-hydroxylation sites is 1. The Kier molecular flexibility index (Phi) is 8.50. The highest BCUT2D eigenvalue weighted by Gasteiger charge is 2.21. The van der Waals surface area contributed by atoms with E-state index in [4.69, 9.17) is 4.74 Å². The fraction of sp³-hybridized carbons (Fsp3) is 0.318. The van der Waals surface area contributed by atoms with E-state index in [0.29, 0.717) is 5.69 Å². The fourth-order valence-corrected chi connectivity index (χ4v) is 3.94. The second-order valence-corrected chi connectivity index (χ2v) is 8.88. The van der Waals surface area contributed by atoms with Crippen LogP contribution in [0.25, 0.3) is 0 Å². The summed E-state index contributed by atoms with van der Waals surface area (Å²) in [6.45, 7) is 6.62. The summed E-state index contributed by atoms with van der Waals surface area (Å²) in [6, 6.07) is 10.9. The van der Waals surface area contributed by atoms with Crippen LogP contribution in [0.15, 0.2) is 47.4 Å². The van der Waals surface area contributed by atoms with Crippen molar-refractivity contribution in [3.8, 4) is 0 Å². The number of sulfonamides is 1. The summed E-state index contributed by atoms with van der Waals surface area (Å²) >= 11 is 0. The highest BCUT2D eigenvalue weighted by molar-refractivity contribution is 7.89. The summed E-state index contributed by atoms with van der Waals surface area (Å²) in [5.74, 6) is -1.94. The predicted molar refractivity (Wildman–Crippen MR) is 120 cm³/mol. The van der Waals surface area contributed by atoms with Gasteiger partial charge in [-0.05, 0) is 50.1 Å². The molecule has 2 aromatic rings. The molecule has 0 spiro atoms. The molecule has 2 aromatic carbocycles. The molecule has 0 aliphatic carbocycles. The summed E-state index contributed by atoms with van der Waals surface area (Å²) in [5.41, 5.74) is 2.45. The van der Waals surface area contributed by atoms with Crippen molar-refractivity contribution >= 4 is 33.5 Å². The molecular formula is C22H27N3O6S. The topological polar surface area (TPSA) is 131 Å². The van der Waals surface area contributed by atoms with Gasteiger partial charge in [-0.2, -0.15) is 0 Å². The Labute approximate surface area is 187 Å². The van der Waals surface area contributed by atoms with Gasteiger partial charge in [0.1, 0.15) is 0 Å². The van der Waals surface area contributed by atoms with Crippen LogP contribution in [-0.4, -0.2) is 45.4 Å². The number of carbonyl (C=O) groups excluding carboxylic acids is 3. The maximum atomic E-state index is 12.4. The van der Waals surface area contributed by atoms with Crippen LogP contribution in [-0.2, 0) is 24.3 Å². The number of hydrogen-bond donors (Lipinski definition) is 3. The van der Waals surface area contributed by atoms with Crippen molar-refractivity contribution in [3.05, 3.63) is 59.2 Å². The van der Waals surface area contributed by atoms with Gasteiger partial charge in [0, 0.05) is 12.2 Å². The lowest BCUT2D eigenvalue weighted by Gasteiger charge is -2.15. The molecular weight excluding hydrogens is 434 g/mol. The van der Waals surface area contributed by atoms with Crippen LogP contribution in [0.3, 0.4) is 0 Å². The van der Waals surface area contributed by atoms with Crippen LogP contribution in [0.5, 0.6) is 0 Å². The van der Waals surface area contributed by atoms with Crippen molar-refractivity contribution in [3.63, 3.8) is 0 Å². The third kappa shape index (κ3) is 6.63. The smallest absolute Gasteiger partial charge is 0.338 e. The average Bonchev–Trinajstić information content (AvgIpc) is 2.74. The number of ether oxygens (including phenoxy) is 1. The van der Waals surface area contributed by atoms with Gasteiger partial charge in [0.15, 0.2) is 6.10 Å². The third-order valence-electron chi connectivity index (χ3n) is 4.54. The van der Waals surface area contributed by atoms with Crippen molar-refractivity contribution in [1.82, 2.24) is 10.0 Å². The number of carbonyl (C=O) groups is 3. The minimum absolute atomic E-state index is 0.0172. The van der Waals surface area contributed by atoms with Crippen LogP contribution >= 0.6 is 0 Å². The van der Waals surface area contributed by atoms with Gasteiger partial charge in [0.2, 0.25) is 15.9 Å². The summed E-state index contributed by atoms with van der Waals surface area (Å²) in [6.07, 6.45) is -1.19. The van der Waals surface area contributed by atoms with E-state index < -0.39 is 33.9 Å². The van der Waals surface area contributed by atoms with E-state index in [0.717, 1.165) is 11.1 Å². The number of hydrogen-bond acceptors (Lipinski definition) is 6. The van der Waals surface area contributed by atoms with Gasteiger partial charge >= 0.3 is 5.97 Å². The zero-order valence-electron chi connectivity index (χ0n) is 18.4. The number of amides is 2.